The van der Waals surface area contributed by atoms with E-state index in [-0.39, 0.29) is 29.3 Å². The number of rotatable bonds is 4. The quantitative estimate of drug-likeness (QED) is 0.690. The molecular weight excluding hydrogens is 402 g/mol. The predicted octanol–water partition coefficient (Wildman–Crippen LogP) is 2.68. The van der Waals surface area contributed by atoms with Crippen LogP contribution < -0.4 is 5.56 Å². The second-order valence-corrected chi connectivity index (χ2v) is 9.79. The van der Waals surface area contributed by atoms with Crippen LogP contribution in [-0.2, 0) is 17.6 Å². The molecule has 0 unspecified atom stereocenters. The summed E-state index contributed by atoms with van der Waals surface area (Å²) in [6, 6.07) is -0.0920. The van der Waals surface area contributed by atoms with Gasteiger partial charge in [0.1, 0.15) is 0 Å². The molecule has 160 valence electrons. The average Bonchev–Trinajstić information content (AvgIpc) is 3.48. The fourth-order valence-corrected chi connectivity index (χ4v) is 5.81. The van der Waals surface area contributed by atoms with Crippen LogP contribution in [0.1, 0.15) is 80.4 Å². The standard InChI is InChI=1S/C21H27N5O3S/c1-12(2)18-23-24-19(29-18)13-6-8-25(9-7-13)17(27)10-14-11-30-21-22-16-5-3-4-15(16)20(28)26(14)21/h12-14H,3-11H2,1-2H3/t14-/m1/s1. The van der Waals surface area contributed by atoms with Crippen molar-refractivity contribution in [3.63, 3.8) is 0 Å². The van der Waals surface area contributed by atoms with Crippen LogP contribution in [0.4, 0.5) is 0 Å². The van der Waals surface area contributed by atoms with Gasteiger partial charge in [-0.2, -0.15) is 0 Å². The maximum absolute atomic E-state index is 13.0. The number of likely N-dealkylation sites (tertiary alicyclic amines) is 1. The number of hydrogen-bond acceptors (Lipinski definition) is 7. The molecule has 0 radical (unpaired) electrons. The molecule has 4 heterocycles. The maximum atomic E-state index is 13.0. The first kappa shape index (κ1) is 19.8. The predicted molar refractivity (Wildman–Crippen MR) is 112 cm³/mol. The van der Waals surface area contributed by atoms with Crippen molar-refractivity contribution in [3.8, 4) is 0 Å². The smallest absolute Gasteiger partial charge is 0.257 e. The molecule has 0 bridgehead atoms. The summed E-state index contributed by atoms with van der Waals surface area (Å²) in [6.45, 7) is 5.44. The van der Waals surface area contributed by atoms with Crippen molar-refractivity contribution in [2.45, 2.75) is 75.4 Å². The number of thioether (sulfide) groups is 1. The number of fused-ring (bicyclic) bond motifs is 2. The number of aromatic nitrogens is 4. The lowest BCUT2D eigenvalue weighted by molar-refractivity contribution is -0.133. The topological polar surface area (TPSA) is 94.1 Å². The van der Waals surface area contributed by atoms with Crippen molar-refractivity contribution in [2.75, 3.05) is 18.8 Å². The lowest BCUT2D eigenvalue weighted by Crippen LogP contribution is -2.39. The molecule has 1 fully saturated rings. The number of piperidine rings is 1. The minimum atomic E-state index is -0.0920. The third-order valence-electron chi connectivity index (χ3n) is 6.43. The van der Waals surface area contributed by atoms with Crippen molar-refractivity contribution >= 4 is 17.7 Å². The number of carbonyl (C=O) groups is 1. The average molecular weight is 430 g/mol. The Morgan fingerprint density at radius 1 is 1.23 bits per heavy atom. The van der Waals surface area contributed by atoms with Gasteiger partial charge in [-0.1, -0.05) is 25.6 Å². The van der Waals surface area contributed by atoms with Crippen molar-refractivity contribution in [2.24, 2.45) is 0 Å². The lowest BCUT2D eigenvalue weighted by atomic mass is 9.96. The summed E-state index contributed by atoms with van der Waals surface area (Å²) in [5, 5.41) is 9.13. The second-order valence-electron chi connectivity index (χ2n) is 8.81. The Morgan fingerprint density at radius 3 is 2.77 bits per heavy atom. The van der Waals surface area contributed by atoms with Crippen LogP contribution in [0.3, 0.4) is 0 Å². The van der Waals surface area contributed by atoms with E-state index in [1.807, 2.05) is 18.7 Å². The summed E-state index contributed by atoms with van der Waals surface area (Å²) < 4.78 is 7.59. The highest BCUT2D eigenvalue weighted by Crippen LogP contribution is 2.35. The van der Waals surface area contributed by atoms with E-state index in [0.717, 1.165) is 54.3 Å². The van der Waals surface area contributed by atoms with E-state index in [9.17, 15) is 9.59 Å². The number of nitrogens with zero attached hydrogens (tertiary/aromatic N) is 5. The Kier molecular flexibility index (Phi) is 5.16. The van der Waals surface area contributed by atoms with Gasteiger partial charge in [-0.15, -0.1) is 10.2 Å². The summed E-state index contributed by atoms with van der Waals surface area (Å²) in [4.78, 5) is 32.5. The van der Waals surface area contributed by atoms with E-state index < -0.39 is 0 Å². The largest absolute Gasteiger partial charge is 0.425 e. The van der Waals surface area contributed by atoms with Crippen molar-refractivity contribution in [3.05, 3.63) is 33.4 Å². The van der Waals surface area contributed by atoms with Crippen LogP contribution >= 0.6 is 11.8 Å². The van der Waals surface area contributed by atoms with Crippen LogP contribution in [-0.4, -0.2) is 49.4 Å². The van der Waals surface area contributed by atoms with E-state index in [1.54, 1.807) is 16.3 Å². The Bertz CT molecular complexity index is 1020. The molecule has 0 N–H and O–H groups in total. The van der Waals surface area contributed by atoms with Gasteiger partial charge in [-0.3, -0.25) is 14.2 Å². The van der Waals surface area contributed by atoms with E-state index >= 15 is 0 Å². The third kappa shape index (κ3) is 3.46. The fourth-order valence-electron chi connectivity index (χ4n) is 4.65. The van der Waals surface area contributed by atoms with E-state index in [1.165, 1.54) is 0 Å². The van der Waals surface area contributed by atoms with Gasteiger partial charge in [0, 0.05) is 42.7 Å². The number of hydrogen-bond donors (Lipinski definition) is 0. The zero-order chi connectivity index (χ0) is 20.8. The SMILES string of the molecule is CC(C)c1nnc(C2CCN(C(=O)C[C@@H]3CSc4nc5c(c(=O)n43)CCC5)CC2)o1. The minimum absolute atomic E-state index is 0.0753. The molecule has 1 atom stereocenters. The van der Waals surface area contributed by atoms with Crippen LogP contribution in [0.25, 0.3) is 0 Å². The summed E-state index contributed by atoms with van der Waals surface area (Å²) in [5.41, 5.74) is 1.90. The normalized spacial score (nSPS) is 21.3. The highest BCUT2D eigenvalue weighted by Gasteiger charge is 2.33. The number of amides is 1. The molecule has 2 aromatic rings. The van der Waals surface area contributed by atoms with Gasteiger partial charge in [0.25, 0.3) is 5.56 Å². The molecule has 1 saturated heterocycles. The Hall–Kier alpha value is -2.16. The highest BCUT2D eigenvalue weighted by molar-refractivity contribution is 7.99. The molecular formula is C21H27N5O3S. The first-order valence-electron chi connectivity index (χ1n) is 10.9. The maximum Gasteiger partial charge on any atom is 0.257 e. The molecule has 1 amide bonds. The molecule has 0 aromatic carbocycles. The van der Waals surface area contributed by atoms with E-state index in [4.69, 9.17) is 9.40 Å². The van der Waals surface area contributed by atoms with Gasteiger partial charge in [0.05, 0.1) is 11.7 Å². The van der Waals surface area contributed by atoms with Gasteiger partial charge < -0.3 is 9.32 Å². The van der Waals surface area contributed by atoms with Crippen LogP contribution in [0, 0.1) is 0 Å². The molecule has 0 spiro atoms. The summed E-state index contributed by atoms with van der Waals surface area (Å²) in [6.07, 6.45) is 4.74. The Morgan fingerprint density at radius 2 is 2.03 bits per heavy atom. The monoisotopic (exact) mass is 429 g/mol. The van der Waals surface area contributed by atoms with Gasteiger partial charge in [0.15, 0.2) is 5.16 Å². The molecule has 3 aliphatic rings. The fraction of sp³-hybridized carbons (Fsp3) is 0.667. The molecule has 1 aliphatic carbocycles. The second kappa shape index (κ2) is 7.83. The molecule has 2 aliphatic heterocycles. The Labute approximate surface area is 179 Å². The first-order valence-corrected chi connectivity index (χ1v) is 11.9. The van der Waals surface area contributed by atoms with Gasteiger partial charge in [-0.05, 0) is 32.1 Å². The third-order valence-corrected chi connectivity index (χ3v) is 7.53. The van der Waals surface area contributed by atoms with Crippen LogP contribution in [0.5, 0.6) is 0 Å². The minimum Gasteiger partial charge on any atom is -0.425 e. The Balaban J connectivity index is 1.22. The van der Waals surface area contributed by atoms with Crippen LogP contribution in [0.2, 0.25) is 0 Å². The molecule has 2 aromatic heterocycles. The molecule has 9 heteroatoms. The first-order chi connectivity index (χ1) is 14.5. The summed E-state index contributed by atoms with van der Waals surface area (Å²) in [7, 11) is 0. The molecule has 5 rings (SSSR count). The number of aryl methyl sites for hydroxylation is 1. The van der Waals surface area contributed by atoms with Crippen molar-refractivity contribution < 1.29 is 9.21 Å². The van der Waals surface area contributed by atoms with E-state index in [2.05, 4.69) is 10.2 Å². The van der Waals surface area contributed by atoms with Gasteiger partial charge in [-0.25, -0.2) is 4.98 Å². The van der Waals surface area contributed by atoms with Gasteiger partial charge in [0.2, 0.25) is 17.7 Å². The molecule has 30 heavy (non-hydrogen) atoms. The van der Waals surface area contributed by atoms with Crippen molar-refractivity contribution in [1.29, 1.82) is 0 Å². The van der Waals surface area contributed by atoms with E-state index in [0.29, 0.717) is 31.3 Å². The van der Waals surface area contributed by atoms with Crippen molar-refractivity contribution in [1.82, 2.24) is 24.6 Å². The lowest BCUT2D eigenvalue weighted by Gasteiger charge is -2.31. The highest BCUT2D eigenvalue weighted by atomic mass is 32.2. The summed E-state index contributed by atoms with van der Waals surface area (Å²) >= 11 is 1.60. The zero-order valence-corrected chi connectivity index (χ0v) is 18.3. The molecule has 0 saturated carbocycles. The zero-order valence-electron chi connectivity index (χ0n) is 17.5. The number of carbonyl (C=O) groups excluding carboxylic acids is 1. The molecule has 8 nitrogen and oxygen atoms in total. The summed E-state index contributed by atoms with van der Waals surface area (Å²) in [5.74, 6) is 2.66. The van der Waals surface area contributed by atoms with Crippen LogP contribution in [0.15, 0.2) is 14.4 Å². The van der Waals surface area contributed by atoms with Gasteiger partial charge >= 0.3 is 0 Å².